The van der Waals surface area contributed by atoms with Crippen molar-refractivity contribution in [3.63, 3.8) is 0 Å². The average Bonchev–Trinajstić information content (AvgIpc) is 2.78. The van der Waals surface area contributed by atoms with Crippen molar-refractivity contribution in [2.45, 2.75) is 142 Å². The van der Waals surface area contributed by atoms with Crippen molar-refractivity contribution in [2.24, 2.45) is 5.92 Å². The van der Waals surface area contributed by atoms with Gasteiger partial charge in [-0.15, -0.1) is 0 Å². The Kier molecular flexibility index (Phi) is 20.3. The lowest BCUT2D eigenvalue weighted by atomic mass is 9.93. The molecule has 1 unspecified atom stereocenters. The molecule has 0 aromatic rings. The Balaban J connectivity index is 2.12. The maximum absolute atomic E-state index is 2.77. The second-order valence-electron chi connectivity index (χ2n) is 10.7. The van der Waals surface area contributed by atoms with Gasteiger partial charge in [0.15, 0.2) is 0 Å². The van der Waals surface area contributed by atoms with Gasteiger partial charge in [0.1, 0.15) is 0 Å². The minimum absolute atomic E-state index is 0.956. The van der Waals surface area contributed by atoms with Gasteiger partial charge >= 0.3 is 0 Å². The van der Waals surface area contributed by atoms with Crippen LogP contribution in [0.25, 0.3) is 0 Å². The zero-order chi connectivity index (χ0) is 22.4. The van der Waals surface area contributed by atoms with Gasteiger partial charge in [0.25, 0.3) is 0 Å². The van der Waals surface area contributed by atoms with Crippen molar-refractivity contribution in [3.8, 4) is 0 Å². The fourth-order valence-corrected chi connectivity index (χ4v) is 5.21. The fraction of sp³-hybridized carbons (Fsp3) is 1.00. The largest absolute Gasteiger partial charge is 0.304 e. The van der Waals surface area contributed by atoms with E-state index in [4.69, 9.17) is 0 Å². The second kappa shape index (κ2) is 21.7. The number of hydrogen-bond donors (Lipinski definition) is 0. The number of nitrogens with zero attached hydrogens (tertiary/aromatic N) is 2. The Hall–Kier alpha value is -0.0800. The first kappa shape index (κ1) is 29.0. The van der Waals surface area contributed by atoms with Crippen LogP contribution in [-0.2, 0) is 0 Å². The highest BCUT2D eigenvalue weighted by Gasteiger charge is 2.18. The smallest absolute Gasteiger partial charge is 0.0110 e. The van der Waals surface area contributed by atoms with Crippen LogP contribution in [0.5, 0.6) is 0 Å². The molecule has 0 aliphatic carbocycles. The van der Waals surface area contributed by atoms with E-state index in [1.54, 1.807) is 0 Å². The van der Waals surface area contributed by atoms with Crippen molar-refractivity contribution >= 4 is 0 Å². The van der Waals surface area contributed by atoms with Gasteiger partial charge in [-0.05, 0) is 25.8 Å². The van der Waals surface area contributed by atoms with E-state index < -0.39 is 0 Å². The molecule has 2 heteroatoms. The molecular formula is C29H60N2. The molecule has 31 heavy (non-hydrogen) atoms. The lowest BCUT2D eigenvalue weighted by Gasteiger charge is -2.34. The molecule has 1 rings (SSSR count). The van der Waals surface area contributed by atoms with Gasteiger partial charge in [0.05, 0.1) is 0 Å². The van der Waals surface area contributed by atoms with Gasteiger partial charge < -0.3 is 9.80 Å². The highest BCUT2D eigenvalue weighted by Crippen LogP contribution is 2.21. The van der Waals surface area contributed by atoms with Gasteiger partial charge in [0, 0.05) is 32.7 Å². The standard InChI is InChI=1S/C29H60N2/c1-4-6-8-10-12-14-15-17-19-21-23-29(28-31-26-24-30(3)25-27-31)22-20-18-16-13-11-9-7-5-2/h29H,4-28H2,1-3H3. The van der Waals surface area contributed by atoms with Gasteiger partial charge in [-0.3, -0.25) is 0 Å². The summed E-state index contributed by atoms with van der Waals surface area (Å²) in [6, 6.07) is 0. The van der Waals surface area contributed by atoms with Crippen molar-refractivity contribution in [3.05, 3.63) is 0 Å². The summed E-state index contributed by atoms with van der Waals surface area (Å²) in [7, 11) is 2.28. The molecule has 0 radical (unpaired) electrons. The van der Waals surface area contributed by atoms with Crippen molar-refractivity contribution in [1.29, 1.82) is 0 Å². The Labute approximate surface area is 197 Å². The molecule has 2 nitrogen and oxygen atoms in total. The maximum Gasteiger partial charge on any atom is 0.0110 e. The Morgan fingerprint density at radius 3 is 1.23 bits per heavy atom. The third-order valence-electron chi connectivity index (χ3n) is 7.54. The molecule has 0 bridgehead atoms. The third kappa shape index (κ3) is 18.1. The number of unbranched alkanes of at least 4 members (excludes halogenated alkanes) is 16. The monoisotopic (exact) mass is 436 g/mol. The fourth-order valence-electron chi connectivity index (χ4n) is 5.21. The minimum atomic E-state index is 0.956. The summed E-state index contributed by atoms with van der Waals surface area (Å²) in [6.07, 6.45) is 29.2. The van der Waals surface area contributed by atoms with Crippen molar-refractivity contribution in [1.82, 2.24) is 9.80 Å². The number of rotatable bonds is 22. The topological polar surface area (TPSA) is 6.48 Å². The first-order valence-corrected chi connectivity index (χ1v) is 14.7. The van der Waals surface area contributed by atoms with E-state index in [1.165, 1.54) is 161 Å². The predicted octanol–water partition coefficient (Wildman–Crippen LogP) is 8.69. The summed E-state index contributed by atoms with van der Waals surface area (Å²) >= 11 is 0. The molecule has 0 spiro atoms. The van der Waals surface area contributed by atoms with E-state index >= 15 is 0 Å². The predicted molar refractivity (Wildman–Crippen MR) is 141 cm³/mol. The Bertz CT molecular complexity index is 349. The first-order valence-electron chi connectivity index (χ1n) is 14.7. The van der Waals surface area contributed by atoms with Crippen molar-refractivity contribution < 1.29 is 0 Å². The van der Waals surface area contributed by atoms with Crippen molar-refractivity contribution in [2.75, 3.05) is 39.8 Å². The van der Waals surface area contributed by atoms with Gasteiger partial charge in [0.2, 0.25) is 0 Å². The van der Waals surface area contributed by atoms with E-state index in [1.807, 2.05) is 0 Å². The molecule has 1 fully saturated rings. The van der Waals surface area contributed by atoms with Crippen LogP contribution in [0.3, 0.4) is 0 Å². The lowest BCUT2D eigenvalue weighted by Crippen LogP contribution is -2.46. The molecule has 1 heterocycles. The zero-order valence-electron chi connectivity index (χ0n) is 22.1. The van der Waals surface area contributed by atoms with Crippen LogP contribution in [0.1, 0.15) is 142 Å². The molecule has 0 aromatic carbocycles. The highest BCUT2D eigenvalue weighted by atomic mass is 15.2. The van der Waals surface area contributed by atoms with Gasteiger partial charge in [-0.2, -0.15) is 0 Å². The normalized spacial score (nSPS) is 16.7. The summed E-state index contributed by atoms with van der Waals surface area (Å²) in [5.74, 6) is 0.956. The molecule has 186 valence electrons. The number of hydrogen-bond acceptors (Lipinski definition) is 2. The minimum Gasteiger partial charge on any atom is -0.304 e. The van der Waals surface area contributed by atoms with Crippen LogP contribution in [0.4, 0.5) is 0 Å². The molecule has 1 atom stereocenters. The van der Waals surface area contributed by atoms with Crippen LogP contribution in [-0.4, -0.2) is 49.6 Å². The summed E-state index contributed by atoms with van der Waals surface area (Å²) in [5, 5.41) is 0. The van der Waals surface area contributed by atoms with E-state index in [0.717, 1.165) is 5.92 Å². The van der Waals surface area contributed by atoms with Crippen LogP contribution in [0, 0.1) is 5.92 Å². The van der Waals surface area contributed by atoms with Gasteiger partial charge in [-0.1, -0.05) is 129 Å². The summed E-state index contributed by atoms with van der Waals surface area (Å²) in [4.78, 5) is 5.26. The van der Waals surface area contributed by atoms with E-state index in [0.29, 0.717) is 0 Å². The van der Waals surface area contributed by atoms with E-state index in [-0.39, 0.29) is 0 Å². The lowest BCUT2D eigenvalue weighted by molar-refractivity contribution is 0.130. The number of piperazine rings is 1. The third-order valence-corrected chi connectivity index (χ3v) is 7.54. The average molecular weight is 437 g/mol. The number of likely N-dealkylation sites (N-methyl/N-ethyl adjacent to an activating group) is 1. The SMILES string of the molecule is CCCCCCCCCCCCC(CCCCCCCCCC)CN1CCN(C)CC1. The van der Waals surface area contributed by atoms with Crippen LogP contribution < -0.4 is 0 Å². The summed E-state index contributed by atoms with van der Waals surface area (Å²) < 4.78 is 0. The molecule has 1 aliphatic heterocycles. The zero-order valence-corrected chi connectivity index (χ0v) is 22.1. The maximum atomic E-state index is 2.77. The van der Waals surface area contributed by atoms with Crippen LogP contribution in [0.15, 0.2) is 0 Å². The second-order valence-corrected chi connectivity index (χ2v) is 10.7. The quantitative estimate of drug-likeness (QED) is 0.157. The first-order chi connectivity index (χ1) is 15.3. The summed E-state index contributed by atoms with van der Waals surface area (Å²) in [5.41, 5.74) is 0. The van der Waals surface area contributed by atoms with Crippen LogP contribution in [0.2, 0.25) is 0 Å². The Morgan fingerprint density at radius 2 is 0.839 bits per heavy atom. The molecule has 0 N–H and O–H groups in total. The molecule has 0 aromatic heterocycles. The summed E-state index contributed by atoms with van der Waals surface area (Å²) in [6.45, 7) is 11.1. The van der Waals surface area contributed by atoms with Gasteiger partial charge in [-0.25, -0.2) is 0 Å². The van der Waals surface area contributed by atoms with Crippen LogP contribution >= 0.6 is 0 Å². The Morgan fingerprint density at radius 1 is 0.484 bits per heavy atom. The molecule has 1 aliphatic rings. The van der Waals surface area contributed by atoms with E-state index in [9.17, 15) is 0 Å². The molecule has 0 amide bonds. The van der Waals surface area contributed by atoms with E-state index in [2.05, 4.69) is 30.7 Å². The molecule has 0 saturated carbocycles. The highest BCUT2D eigenvalue weighted by molar-refractivity contribution is 4.73. The molecular weight excluding hydrogens is 376 g/mol. The molecule has 1 saturated heterocycles.